The first-order valence-corrected chi connectivity index (χ1v) is 6.53. The lowest BCUT2D eigenvalue weighted by Crippen LogP contribution is -2.18. The fourth-order valence-corrected chi connectivity index (χ4v) is 1.69. The van der Waals surface area contributed by atoms with Crippen LogP contribution in [-0.4, -0.2) is 49.4 Å². The van der Waals surface area contributed by atoms with Crippen molar-refractivity contribution < 1.29 is 19.6 Å². The van der Waals surface area contributed by atoms with E-state index in [0.717, 1.165) is 0 Å². The Morgan fingerprint density at radius 1 is 1.43 bits per heavy atom. The van der Waals surface area contributed by atoms with Crippen molar-refractivity contribution in [2.45, 2.75) is 6.42 Å². The van der Waals surface area contributed by atoms with E-state index in [0.29, 0.717) is 30.8 Å². The van der Waals surface area contributed by atoms with Gasteiger partial charge in [-0.05, 0) is 18.6 Å². The molecule has 0 bridgehead atoms. The van der Waals surface area contributed by atoms with Crippen LogP contribution < -0.4 is 10.6 Å². The molecular formula is C13H19N3O5. The number of aliphatic hydroxyl groups is 1. The number of benzene rings is 1. The molecule has 8 heteroatoms. The second kappa shape index (κ2) is 8.88. The maximum Gasteiger partial charge on any atom is 0.292 e. The molecule has 0 atom stereocenters. The van der Waals surface area contributed by atoms with E-state index in [-0.39, 0.29) is 24.8 Å². The van der Waals surface area contributed by atoms with Crippen LogP contribution in [0, 0.1) is 10.1 Å². The van der Waals surface area contributed by atoms with Crippen molar-refractivity contribution >= 4 is 17.3 Å². The summed E-state index contributed by atoms with van der Waals surface area (Å²) in [6.07, 6.45) is 0.626. The van der Waals surface area contributed by atoms with Gasteiger partial charge in [0.1, 0.15) is 5.69 Å². The van der Waals surface area contributed by atoms with Gasteiger partial charge in [0.25, 0.3) is 11.6 Å². The Hall–Kier alpha value is -2.19. The smallest absolute Gasteiger partial charge is 0.292 e. The summed E-state index contributed by atoms with van der Waals surface area (Å²) in [5.74, 6) is -0.306. The van der Waals surface area contributed by atoms with Crippen LogP contribution >= 0.6 is 0 Å². The summed E-state index contributed by atoms with van der Waals surface area (Å²) in [6, 6.07) is 4.16. The lowest BCUT2D eigenvalue weighted by molar-refractivity contribution is -0.384. The van der Waals surface area contributed by atoms with Crippen LogP contribution in [0.5, 0.6) is 0 Å². The van der Waals surface area contributed by atoms with Crippen LogP contribution in [0.3, 0.4) is 0 Å². The summed E-state index contributed by atoms with van der Waals surface area (Å²) >= 11 is 0. The number of ether oxygens (including phenoxy) is 1. The fourth-order valence-electron chi connectivity index (χ4n) is 1.69. The van der Waals surface area contributed by atoms with E-state index in [1.165, 1.54) is 25.2 Å². The van der Waals surface area contributed by atoms with E-state index < -0.39 is 4.92 Å². The molecule has 0 unspecified atom stereocenters. The van der Waals surface area contributed by atoms with Gasteiger partial charge in [-0.25, -0.2) is 0 Å². The Labute approximate surface area is 122 Å². The summed E-state index contributed by atoms with van der Waals surface area (Å²) in [5, 5.41) is 24.9. The van der Waals surface area contributed by atoms with Crippen LogP contribution in [-0.2, 0) is 4.74 Å². The predicted molar refractivity (Wildman–Crippen MR) is 77.5 cm³/mol. The predicted octanol–water partition coefficient (Wildman–Crippen LogP) is 0.765. The van der Waals surface area contributed by atoms with Gasteiger partial charge in [-0.2, -0.15) is 0 Å². The number of carbonyl (C=O) groups is 1. The van der Waals surface area contributed by atoms with E-state index >= 15 is 0 Å². The zero-order valence-electron chi connectivity index (χ0n) is 11.8. The lowest BCUT2D eigenvalue weighted by Gasteiger charge is -2.09. The molecule has 0 fully saturated rings. The van der Waals surface area contributed by atoms with Crippen LogP contribution in [0.1, 0.15) is 16.8 Å². The topological polar surface area (TPSA) is 114 Å². The third kappa shape index (κ3) is 5.36. The number of carbonyl (C=O) groups excluding carboxylic acids is 1. The number of amides is 1. The number of anilines is 1. The highest BCUT2D eigenvalue weighted by Gasteiger charge is 2.15. The average molecular weight is 297 g/mol. The minimum absolute atomic E-state index is 0.0346. The molecule has 1 aromatic rings. The summed E-state index contributed by atoms with van der Waals surface area (Å²) in [6.45, 7) is 1.14. The molecule has 0 aliphatic carbocycles. The molecule has 0 radical (unpaired) electrons. The Kier molecular flexibility index (Phi) is 7.13. The second-order valence-corrected chi connectivity index (χ2v) is 4.18. The molecule has 0 heterocycles. The molecule has 3 N–H and O–H groups in total. The molecule has 0 spiro atoms. The highest BCUT2D eigenvalue weighted by molar-refractivity contribution is 5.95. The lowest BCUT2D eigenvalue weighted by atomic mass is 10.1. The number of aliphatic hydroxyl groups excluding tert-OH is 1. The molecule has 0 aromatic heterocycles. The number of nitrogens with zero attached hydrogens (tertiary/aromatic N) is 1. The highest BCUT2D eigenvalue weighted by Crippen LogP contribution is 2.25. The van der Waals surface area contributed by atoms with Gasteiger partial charge in [0.05, 0.1) is 18.1 Å². The largest absolute Gasteiger partial charge is 0.394 e. The van der Waals surface area contributed by atoms with E-state index in [9.17, 15) is 14.9 Å². The van der Waals surface area contributed by atoms with E-state index in [4.69, 9.17) is 9.84 Å². The standard InChI is InChI=1S/C13H19N3O5/c1-14-13(18)10-3-4-12(16(19)20)11(9-10)15-5-2-7-21-8-6-17/h3-4,9,15,17H,2,5-8H2,1H3,(H,14,18). The zero-order chi connectivity index (χ0) is 15.7. The first kappa shape index (κ1) is 16.9. The molecule has 1 aromatic carbocycles. The van der Waals surface area contributed by atoms with Crippen LogP contribution in [0.4, 0.5) is 11.4 Å². The minimum atomic E-state index is -0.502. The Morgan fingerprint density at radius 3 is 2.81 bits per heavy atom. The maximum atomic E-state index is 11.5. The van der Waals surface area contributed by atoms with Crippen molar-refractivity contribution in [2.24, 2.45) is 0 Å². The van der Waals surface area contributed by atoms with Crippen molar-refractivity contribution in [3.8, 4) is 0 Å². The number of nitro groups is 1. The van der Waals surface area contributed by atoms with Gasteiger partial charge in [-0.1, -0.05) is 0 Å². The van der Waals surface area contributed by atoms with Gasteiger partial charge in [-0.15, -0.1) is 0 Å². The molecule has 21 heavy (non-hydrogen) atoms. The van der Waals surface area contributed by atoms with Gasteiger partial charge in [0.15, 0.2) is 0 Å². The monoisotopic (exact) mass is 297 g/mol. The quantitative estimate of drug-likeness (QED) is 0.352. The molecule has 0 saturated carbocycles. The molecule has 8 nitrogen and oxygen atoms in total. The van der Waals surface area contributed by atoms with E-state index in [2.05, 4.69) is 10.6 Å². The van der Waals surface area contributed by atoms with Crippen LogP contribution in [0.2, 0.25) is 0 Å². The van der Waals surface area contributed by atoms with Crippen molar-refractivity contribution in [3.63, 3.8) is 0 Å². The highest BCUT2D eigenvalue weighted by atomic mass is 16.6. The first-order chi connectivity index (χ1) is 10.1. The summed E-state index contributed by atoms with van der Waals surface area (Å²) < 4.78 is 5.09. The third-order valence-corrected chi connectivity index (χ3v) is 2.70. The SMILES string of the molecule is CNC(=O)c1ccc([N+](=O)[O-])c(NCCCOCCO)c1. The van der Waals surface area contributed by atoms with E-state index in [1.54, 1.807) is 0 Å². The van der Waals surface area contributed by atoms with Gasteiger partial charge in [-0.3, -0.25) is 14.9 Å². The molecule has 0 aliphatic heterocycles. The molecule has 1 amide bonds. The van der Waals surface area contributed by atoms with Crippen LogP contribution in [0.25, 0.3) is 0 Å². The first-order valence-electron chi connectivity index (χ1n) is 6.53. The third-order valence-electron chi connectivity index (χ3n) is 2.70. The van der Waals surface area contributed by atoms with Crippen molar-refractivity contribution in [2.75, 3.05) is 38.7 Å². The number of nitro benzene ring substituents is 1. The van der Waals surface area contributed by atoms with Gasteiger partial charge < -0.3 is 20.5 Å². The van der Waals surface area contributed by atoms with Crippen molar-refractivity contribution in [3.05, 3.63) is 33.9 Å². The van der Waals surface area contributed by atoms with Gasteiger partial charge in [0.2, 0.25) is 0 Å². The minimum Gasteiger partial charge on any atom is -0.394 e. The van der Waals surface area contributed by atoms with Crippen molar-refractivity contribution in [1.29, 1.82) is 0 Å². The van der Waals surface area contributed by atoms with E-state index in [1.807, 2.05) is 0 Å². The Morgan fingerprint density at radius 2 is 2.19 bits per heavy atom. The van der Waals surface area contributed by atoms with Gasteiger partial charge in [0, 0.05) is 31.8 Å². The van der Waals surface area contributed by atoms with Crippen LogP contribution in [0.15, 0.2) is 18.2 Å². The molecular weight excluding hydrogens is 278 g/mol. The molecule has 116 valence electrons. The Bertz CT molecular complexity index is 493. The normalized spacial score (nSPS) is 10.2. The number of hydrogen-bond acceptors (Lipinski definition) is 6. The average Bonchev–Trinajstić information content (AvgIpc) is 2.49. The summed E-state index contributed by atoms with van der Waals surface area (Å²) in [5.41, 5.74) is 0.560. The zero-order valence-corrected chi connectivity index (χ0v) is 11.8. The summed E-state index contributed by atoms with van der Waals surface area (Å²) in [7, 11) is 1.50. The fraction of sp³-hybridized carbons (Fsp3) is 0.462. The second-order valence-electron chi connectivity index (χ2n) is 4.18. The van der Waals surface area contributed by atoms with Gasteiger partial charge >= 0.3 is 0 Å². The number of hydrogen-bond donors (Lipinski definition) is 3. The molecule has 1 rings (SSSR count). The molecule has 0 aliphatic rings. The molecule has 0 saturated heterocycles. The number of nitrogens with one attached hydrogen (secondary N) is 2. The number of rotatable bonds is 9. The van der Waals surface area contributed by atoms with Crippen molar-refractivity contribution in [1.82, 2.24) is 5.32 Å². The Balaban J connectivity index is 2.68. The summed E-state index contributed by atoms with van der Waals surface area (Å²) in [4.78, 5) is 22.0. The maximum absolute atomic E-state index is 11.5.